The largest absolute Gasteiger partial charge is 0.497 e. The summed E-state index contributed by atoms with van der Waals surface area (Å²) < 4.78 is 11.1. The molecule has 80 valence electrons. The van der Waals surface area contributed by atoms with E-state index in [9.17, 15) is 0 Å². The molecule has 0 bridgehead atoms. The number of fused-ring (bicyclic) bond motifs is 3. The Morgan fingerprint density at radius 3 is 3.27 bits per heavy atom. The molecular formula is C12H15NO2. The molecule has 0 aromatic heterocycles. The van der Waals surface area contributed by atoms with Gasteiger partial charge < -0.3 is 14.8 Å². The van der Waals surface area contributed by atoms with E-state index in [0.29, 0.717) is 12.1 Å². The minimum atomic E-state index is 0.320. The van der Waals surface area contributed by atoms with E-state index >= 15 is 0 Å². The van der Waals surface area contributed by atoms with Crippen LogP contribution in [-0.4, -0.2) is 19.8 Å². The molecule has 3 rings (SSSR count). The molecule has 0 aliphatic carbocycles. The maximum atomic E-state index is 5.91. The highest BCUT2D eigenvalue weighted by molar-refractivity contribution is 5.46. The summed E-state index contributed by atoms with van der Waals surface area (Å²) >= 11 is 0. The van der Waals surface area contributed by atoms with E-state index < -0.39 is 0 Å². The fourth-order valence-corrected chi connectivity index (χ4v) is 2.46. The number of nitrogens with one attached hydrogen (secondary N) is 1. The topological polar surface area (TPSA) is 30.5 Å². The highest BCUT2D eigenvalue weighted by atomic mass is 16.5. The average molecular weight is 205 g/mol. The van der Waals surface area contributed by atoms with E-state index in [2.05, 4.69) is 11.4 Å². The zero-order valence-electron chi connectivity index (χ0n) is 8.82. The molecule has 1 fully saturated rings. The van der Waals surface area contributed by atoms with Crippen molar-refractivity contribution in [1.29, 1.82) is 0 Å². The molecule has 2 atom stereocenters. The Hall–Kier alpha value is -1.22. The van der Waals surface area contributed by atoms with Crippen molar-refractivity contribution in [2.75, 3.05) is 13.7 Å². The molecule has 1 N–H and O–H groups in total. The van der Waals surface area contributed by atoms with E-state index in [1.54, 1.807) is 7.11 Å². The Kier molecular flexibility index (Phi) is 2.06. The first-order valence-electron chi connectivity index (χ1n) is 5.46. The molecule has 1 saturated heterocycles. The summed E-state index contributed by atoms with van der Waals surface area (Å²) in [6, 6.07) is 6.48. The van der Waals surface area contributed by atoms with Crippen molar-refractivity contribution in [3.63, 3.8) is 0 Å². The lowest BCUT2D eigenvalue weighted by molar-refractivity contribution is 0.154. The standard InChI is InChI=1S/C12H15NO2/c1-14-8-4-5-9-11(7-8)15-10-3-2-6-13-12(9)10/h4-5,7,10,12-13H,2-3,6H2,1H3/t10-,12-/m1/s1. The molecule has 0 saturated carbocycles. The molecule has 2 aliphatic rings. The lowest BCUT2D eigenvalue weighted by Gasteiger charge is -2.25. The number of ether oxygens (including phenoxy) is 2. The van der Waals surface area contributed by atoms with Crippen LogP contribution in [0.3, 0.4) is 0 Å². The van der Waals surface area contributed by atoms with Crippen molar-refractivity contribution in [3.8, 4) is 11.5 Å². The lowest BCUT2D eigenvalue weighted by Crippen LogP contribution is -2.36. The summed E-state index contributed by atoms with van der Waals surface area (Å²) in [5.74, 6) is 1.85. The van der Waals surface area contributed by atoms with Gasteiger partial charge in [-0.15, -0.1) is 0 Å². The van der Waals surface area contributed by atoms with E-state index in [1.807, 2.05) is 12.1 Å². The maximum absolute atomic E-state index is 5.91. The predicted molar refractivity (Wildman–Crippen MR) is 57.4 cm³/mol. The van der Waals surface area contributed by atoms with Crippen molar-refractivity contribution in [2.45, 2.75) is 25.0 Å². The van der Waals surface area contributed by atoms with Crippen molar-refractivity contribution in [2.24, 2.45) is 0 Å². The third-order valence-electron chi connectivity index (χ3n) is 3.24. The van der Waals surface area contributed by atoms with E-state index in [1.165, 1.54) is 12.0 Å². The van der Waals surface area contributed by atoms with Crippen LogP contribution in [0.2, 0.25) is 0 Å². The zero-order valence-corrected chi connectivity index (χ0v) is 8.82. The first kappa shape index (κ1) is 9.04. The van der Waals surface area contributed by atoms with Gasteiger partial charge in [0.05, 0.1) is 13.2 Å². The summed E-state index contributed by atoms with van der Waals surface area (Å²) in [6.45, 7) is 1.09. The maximum Gasteiger partial charge on any atom is 0.128 e. The summed E-state index contributed by atoms with van der Waals surface area (Å²) in [4.78, 5) is 0. The summed E-state index contributed by atoms with van der Waals surface area (Å²) in [5.41, 5.74) is 1.28. The van der Waals surface area contributed by atoms with Gasteiger partial charge in [0.25, 0.3) is 0 Å². The van der Waals surface area contributed by atoms with E-state index in [0.717, 1.165) is 24.5 Å². The van der Waals surface area contributed by atoms with Gasteiger partial charge in [0.1, 0.15) is 17.6 Å². The molecule has 15 heavy (non-hydrogen) atoms. The molecule has 1 aromatic carbocycles. The molecule has 2 heterocycles. The van der Waals surface area contributed by atoms with Crippen LogP contribution < -0.4 is 14.8 Å². The van der Waals surface area contributed by atoms with Gasteiger partial charge in [-0.25, -0.2) is 0 Å². The quantitative estimate of drug-likeness (QED) is 0.759. The van der Waals surface area contributed by atoms with Crippen LogP contribution in [0.15, 0.2) is 18.2 Å². The predicted octanol–water partition coefficient (Wildman–Crippen LogP) is 1.88. The van der Waals surface area contributed by atoms with Crippen LogP contribution >= 0.6 is 0 Å². The van der Waals surface area contributed by atoms with Crippen molar-refractivity contribution in [3.05, 3.63) is 23.8 Å². The summed E-state index contributed by atoms with van der Waals surface area (Å²) in [5, 5.41) is 3.51. The van der Waals surface area contributed by atoms with Crippen LogP contribution in [0.5, 0.6) is 11.5 Å². The smallest absolute Gasteiger partial charge is 0.128 e. The average Bonchev–Trinajstić information content (AvgIpc) is 2.66. The second kappa shape index (κ2) is 3.42. The van der Waals surface area contributed by atoms with Crippen LogP contribution in [-0.2, 0) is 0 Å². The number of hydrogen-bond acceptors (Lipinski definition) is 3. The molecule has 0 spiro atoms. The van der Waals surface area contributed by atoms with Crippen molar-refractivity contribution < 1.29 is 9.47 Å². The number of hydrogen-bond donors (Lipinski definition) is 1. The molecular weight excluding hydrogens is 190 g/mol. The second-order valence-electron chi connectivity index (χ2n) is 4.13. The highest BCUT2D eigenvalue weighted by Gasteiger charge is 2.35. The van der Waals surface area contributed by atoms with Gasteiger partial charge in [0.15, 0.2) is 0 Å². The SMILES string of the molecule is COc1ccc2c(c1)O[C@@H]1CCCN[C@H]21. The van der Waals surface area contributed by atoms with Crippen molar-refractivity contribution in [1.82, 2.24) is 5.32 Å². The van der Waals surface area contributed by atoms with Gasteiger partial charge in [-0.3, -0.25) is 0 Å². The minimum Gasteiger partial charge on any atom is -0.497 e. The summed E-state index contributed by atoms with van der Waals surface area (Å²) in [6.07, 6.45) is 2.67. The van der Waals surface area contributed by atoms with Gasteiger partial charge in [0.2, 0.25) is 0 Å². The fraction of sp³-hybridized carbons (Fsp3) is 0.500. The minimum absolute atomic E-state index is 0.320. The Morgan fingerprint density at radius 1 is 1.47 bits per heavy atom. The number of piperidine rings is 1. The zero-order chi connectivity index (χ0) is 10.3. The number of rotatable bonds is 1. The first-order chi connectivity index (χ1) is 7.38. The van der Waals surface area contributed by atoms with Crippen LogP contribution in [0.4, 0.5) is 0 Å². The van der Waals surface area contributed by atoms with Gasteiger partial charge in [-0.2, -0.15) is 0 Å². The monoisotopic (exact) mass is 205 g/mol. The Bertz CT molecular complexity index is 378. The molecule has 0 radical (unpaired) electrons. The molecule has 0 amide bonds. The molecule has 1 aromatic rings. The molecule has 3 heteroatoms. The number of benzene rings is 1. The van der Waals surface area contributed by atoms with E-state index in [4.69, 9.17) is 9.47 Å². The fourth-order valence-electron chi connectivity index (χ4n) is 2.46. The van der Waals surface area contributed by atoms with Crippen LogP contribution in [0.25, 0.3) is 0 Å². The number of methoxy groups -OCH3 is 1. The molecule has 3 nitrogen and oxygen atoms in total. The third-order valence-corrected chi connectivity index (χ3v) is 3.24. The third kappa shape index (κ3) is 1.38. The van der Waals surface area contributed by atoms with E-state index in [-0.39, 0.29) is 0 Å². The first-order valence-corrected chi connectivity index (χ1v) is 5.46. The normalized spacial score (nSPS) is 27.8. The van der Waals surface area contributed by atoms with Crippen molar-refractivity contribution >= 4 is 0 Å². The lowest BCUT2D eigenvalue weighted by atomic mass is 9.97. The molecule has 0 unspecified atom stereocenters. The van der Waals surface area contributed by atoms with Gasteiger partial charge >= 0.3 is 0 Å². The van der Waals surface area contributed by atoms with Crippen LogP contribution in [0.1, 0.15) is 24.4 Å². The summed E-state index contributed by atoms with van der Waals surface area (Å²) in [7, 11) is 1.68. The van der Waals surface area contributed by atoms with Gasteiger partial charge in [0, 0.05) is 11.6 Å². The Balaban J connectivity index is 1.96. The van der Waals surface area contributed by atoms with Crippen LogP contribution in [0, 0.1) is 0 Å². The van der Waals surface area contributed by atoms with Gasteiger partial charge in [-0.05, 0) is 31.5 Å². The second-order valence-corrected chi connectivity index (χ2v) is 4.13. The van der Waals surface area contributed by atoms with Gasteiger partial charge in [-0.1, -0.05) is 0 Å². The molecule has 2 aliphatic heterocycles. The highest BCUT2D eigenvalue weighted by Crippen LogP contribution is 2.41. The Morgan fingerprint density at radius 2 is 2.40 bits per heavy atom. The Labute approximate surface area is 89.4 Å².